The molecule has 0 unspecified atom stereocenters. The molecule has 0 bridgehead atoms. The van der Waals surface area contributed by atoms with E-state index >= 15 is 0 Å². The van der Waals surface area contributed by atoms with Crippen LogP contribution in [0.25, 0.3) is 10.9 Å². The van der Waals surface area contributed by atoms with Crippen LogP contribution in [-0.4, -0.2) is 10.9 Å². The molecule has 4 heteroatoms. The second-order valence-electron chi connectivity index (χ2n) is 4.31. The molecule has 0 saturated carbocycles. The van der Waals surface area contributed by atoms with E-state index in [1.807, 2.05) is 30.3 Å². The minimum absolute atomic E-state index is 0.167. The molecule has 1 amide bonds. The van der Waals surface area contributed by atoms with Crippen LogP contribution in [0.3, 0.4) is 0 Å². The Morgan fingerprint density at radius 3 is 2.60 bits per heavy atom. The van der Waals surface area contributed by atoms with Gasteiger partial charge in [0.15, 0.2) is 0 Å². The van der Waals surface area contributed by atoms with Crippen molar-refractivity contribution < 1.29 is 4.79 Å². The Bertz CT molecular complexity index is 772. The maximum atomic E-state index is 12.2. The highest BCUT2D eigenvalue weighted by molar-refractivity contribution is 6.36. The van der Waals surface area contributed by atoms with Gasteiger partial charge in [0.25, 0.3) is 5.91 Å². The van der Waals surface area contributed by atoms with Crippen LogP contribution in [0.5, 0.6) is 0 Å². The van der Waals surface area contributed by atoms with Gasteiger partial charge < -0.3 is 5.32 Å². The van der Waals surface area contributed by atoms with Gasteiger partial charge in [-0.15, -0.1) is 0 Å². The van der Waals surface area contributed by atoms with E-state index in [0.717, 1.165) is 5.39 Å². The van der Waals surface area contributed by atoms with Crippen molar-refractivity contribution in [2.24, 2.45) is 0 Å². The minimum atomic E-state index is -0.167. The van der Waals surface area contributed by atoms with Crippen molar-refractivity contribution in [1.29, 1.82) is 0 Å². The number of carbonyl (C=O) groups is 1. The summed E-state index contributed by atoms with van der Waals surface area (Å²) in [5.41, 5.74) is 1.94. The zero-order chi connectivity index (χ0) is 13.9. The topological polar surface area (TPSA) is 42.0 Å². The van der Waals surface area contributed by atoms with E-state index in [-0.39, 0.29) is 5.91 Å². The average Bonchev–Trinajstić information content (AvgIpc) is 2.51. The first-order valence-electron chi connectivity index (χ1n) is 6.15. The molecular weight excluding hydrogens is 272 g/mol. The number of nitrogens with zero attached hydrogens (tertiary/aromatic N) is 1. The van der Waals surface area contributed by atoms with Gasteiger partial charge in [0.05, 0.1) is 16.2 Å². The van der Waals surface area contributed by atoms with Crippen molar-refractivity contribution in [2.45, 2.75) is 0 Å². The van der Waals surface area contributed by atoms with Gasteiger partial charge in [-0.1, -0.05) is 29.8 Å². The molecule has 0 spiro atoms. The lowest BCUT2D eigenvalue weighted by Gasteiger charge is -2.09. The van der Waals surface area contributed by atoms with E-state index in [2.05, 4.69) is 10.3 Å². The summed E-state index contributed by atoms with van der Waals surface area (Å²) in [5.74, 6) is -0.167. The summed E-state index contributed by atoms with van der Waals surface area (Å²) in [7, 11) is 0. The number of benzene rings is 2. The van der Waals surface area contributed by atoms with Crippen LogP contribution in [0.15, 0.2) is 60.8 Å². The standard InChI is InChI=1S/C16H11ClN2O/c17-13-8-9-14(15-12(13)7-4-10-18-15)19-16(20)11-5-2-1-3-6-11/h1-10H,(H,19,20). The number of anilines is 1. The van der Waals surface area contributed by atoms with Crippen LogP contribution >= 0.6 is 11.6 Å². The number of fused-ring (bicyclic) bond motifs is 1. The average molecular weight is 283 g/mol. The maximum absolute atomic E-state index is 12.2. The van der Waals surface area contributed by atoms with Gasteiger partial charge in [0.1, 0.15) is 0 Å². The smallest absolute Gasteiger partial charge is 0.255 e. The van der Waals surface area contributed by atoms with Crippen molar-refractivity contribution in [3.05, 3.63) is 71.4 Å². The first-order valence-corrected chi connectivity index (χ1v) is 6.53. The molecule has 0 fully saturated rings. The molecule has 0 radical (unpaired) electrons. The Morgan fingerprint density at radius 2 is 1.80 bits per heavy atom. The summed E-state index contributed by atoms with van der Waals surface area (Å²) in [6.07, 6.45) is 1.68. The summed E-state index contributed by atoms with van der Waals surface area (Å²) >= 11 is 6.13. The van der Waals surface area contributed by atoms with Crippen LogP contribution in [-0.2, 0) is 0 Å². The fourth-order valence-corrected chi connectivity index (χ4v) is 2.24. The Hall–Kier alpha value is -2.39. The fourth-order valence-electron chi connectivity index (χ4n) is 2.02. The van der Waals surface area contributed by atoms with Crippen molar-refractivity contribution in [3.63, 3.8) is 0 Å². The molecule has 0 aliphatic carbocycles. The Balaban J connectivity index is 2.00. The van der Waals surface area contributed by atoms with E-state index in [9.17, 15) is 4.79 Å². The largest absolute Gasteiger partial charge is 0.320 e. The molecular formula is C16H11ClN2O. The van der Waals surface area contributed by atoms with Crippen LogP contribution in [0.1, 0.15) is 10.4 Å². The second-order valence-corrected chi connectivity index (χ2v) is 4.72. The molecule has 98 valence electrons. The molecule has 0 atom stereocenters. The van der Waals surface area contributed by atoms with Gasteiger partial charge in [-0.3, -0.25) is 9.78 Å². The molecule has 1 heterocycles. The summed E-state index contributed by atoms with van der Waals surface area (Å²) in [6, 6.07) is 16.3. The van der Waals surface area contributed by atoms with E-state index < -0.39 is 0 Å². The van der Waals surface area contributed by atoms with Gasteiger partial charge >= 0.3 is 0 Å². The summed E-state index contributed by atoms with van der Waals surface area (Å²) in [5, 5.41) is 4.30. The number of amides is 1. The van der Waals surface area contributed by atoms with Gasteiger partial charge in [-0.2, -0.15) is 0 Å². The third kappa shape index (κ3) is 2.36. The lowest BCUT2D eigenvalue weighted by Crippen LogP contribution is -2.12. The third-order valence-corrected chi connectivity index (χ3v) is 3.33. The number of hydrogen-bond acceptors (Lipinski definition) is 2. The number of pyridine rings is 1. The molecule has 1 aromatic heterocycles. The van der Waals surface area contributed by atoms with Crippen LogP contribution < -0.4 is 5.32 Å². The molecule has 0 saturated heterocycles. The van der Waals surface area contributed by atoms with Gasteiger partial charge in [0, 0.05) is 17.1 Å². The molecule has 2 aromatic carbocycles. The highest BCUT2D eigenvalue weighted by atomic mass is 35.5. The van der Waals surface area contributed by atoms with Gasteiger partial charge in [-0.05, 0) is 36.4 Å². The highest BCUT2D eigenvalue weighted by Gasteiger charge is 2.10. The zero-order valence-electron chi connectivity index (χ0n) is 10.5. The number of carbonyl (C=O) groups excluding carboxylic acids is 1. The Kier molecular flexibility index (Phi) is 3.35. The lowest BCUT2D eigenvalue weighted by molar-refractivity contribution is 0.102. The van der Waals surface area contributed by atoms with E-state index in [1.54, 1.807) is 30.5 Å². The molecule has 0 aliphatic heterocycles. The maximum Gasteiger partial charge on any atom is 0.255 e. The van der Waals surface area contributed by atoms with E-state index in [4.69, 9.17) is 11.6 Å². The minimum Gasteiger partial charge on any atom is -0.320 e. The predicted molar refractivity (Wildman–Crippen MR) is 81.1 cm³/mol. The normalized spacial score (nSPS) is 10.4. The Morgan fingerprint density at radius 1 is 1.00 bits per heavy atom. The number of hydrogen-bond donors (Lipinski definition) is 1. The summed E-state index contributed by atoms with van der Waals surface area (Å²) in [4.78, 5) is 16.5. The SMILES string of the molecule is O=C(Nc1ccc(Cl)c2cccnc12)c1ccccc1. The second kappa shape index (κ2) is 5.31. The van der Waals surface area contributed by atoms with E-state index in [1.165, 1.54) is 0 Å². The summed E-state index contributed by atoms with van der Waals surface area (Å²) in [6.45, 7) is 0. The van der Waals surface area contributed by atoms with Gasteiger partial charge in [0.2, 0.25) is 0 Å². The van der Waals surface area contributed by atoms with Crippen LogP contribution in [0.2, 0.25) is 5.02 Å². The first kappa shape index (κ1) is 12.6. The molecule has 0 aliphatic rings. The van der Waals surface area contributed by atoms with E-state index in [0.29, 0.717) is 21.8 Å². The number of rotatable bonds is 2. The van der Waals surface area contributed by atoms with Crippen LogP contribution in [0, 0.1) is 0 Å². The van der Waals surface area contributed by atoms with Crippen molar-refractivity contribution >= 4 is 34.1 Å². The molecule has 3 rings (SSSR count). The predicted octanol–water partition coefficient (Wildman–Crippen LogP) is 4.14. The van der Waals surface area contributed by atoms with Crippen LogP contribution in [0.4, 0.5) is 5.69 Å². The number of halogens is 1. The molecule has 20 heavy (non-hydrogen) atoms. The molecule has 1 N–H and O–H groups in total. The monoisotopic (exact) mass is 282 g/mol. The van der Waals surface area contributed by atoms with Crippen molar-refractivity contribution in [3.8, 4) is 0 Å². The molecule has 3 nitrogen and oxygen atoms in total. The quantitative estimate of drug-likeness (QED) is 0.767. The highest BCUT2D eigenvalue weighted by Crippen LogP contribution is 2.28. The third-order valence-electron chi connectivity index (χ3n) is 3.00. The lowest BCUT2D eigenvalue weighted by atomic mass is 10.1. The Labute approximate surface area is 121 Å². The van der Waals surface area contributed by atoms with Gasteiger partial charge in [-0.25, -0.2) is 0 Å². The number of aromatic nitrogens is 1. The fraction of sp³-hybridized carbons (Fsp3) is 0. The first-order chi connectivity index (χ1) is 9.75. The summed E-state index contributed by atoms with van der Waals surface area (Å²) < 4.78 is 0. The van der Waals surface area contributed by atoms with Crippen molar-refractivity contribution in [2.75, 3.05) is 5.32 Å². The molecule has 3 aromatic rings. The zero-order valence-corrected chi connectivity index (χ0v) is 11.3. The van der Waals surface area contributed by atoms with Crippen molar-refractivity contribution in [1.82, 2.24) is 4.98 Å². The number of nitrogens with one attached hydrogen (secondary N) is 1.